The molecular weight excluding hydrogens is 366 g/mol. The van der Waals surface area contributed by atoms with Crippen LogP contribution in [0.5, 0.6) is 0 Å². The molecule has 4 nitrogen and oxygen atoms in total. The van der Waals surface area contributed by atoms with Gasteiger partial charge >= 0.3 is 5.97 Å². The molecule has 26 heavy (non-hydrogen) atoms. The highest BCUT2D eigenvalue weighted by Gasteiger charge is 2.56. The van der Waals surface area contributed by atoms with Gasteiger partial charge in [-0.15, -0.1) is 23.5 Å². The Morgan fingerprint density at radius 2 is 2.00 bits per heavy atom. The van der Waals surface area contributed by atoms with E-state index in [0.717, 1.165) is 40.1 Å². The molecule has 2 atom stereocenters. The minimum atomic E-state index is -0.268. The van der Waals surface area contributed by atoms with E-state index in [-0.39, 0.29) is 27.7 Å². The molecule has 1 spiro atoms. The first kappa shape index (κ1) is 18.0. The van der Waals surface area contributed by atoms with Crippen LogP contribution in [0.15, 0.2) is 24.3 Å². The zero-order valence-corrected chi connectivity index (χ0v) is 16.7. The normalized spacial score (nSPS) is 24.2. The summed E-state index contributed by atoms with van der Waals surface area (Å²) < 4.78 is 4.98. The van der Waals surface area contributed by atoms with Gasteiger partial charge in [-0.2, -0.15) is 0 Å². The smallest absolute Gasteiger partial charge is 0.306 e. The number of thioether (sulfide) groups is 2. The van der Waals surface area contributed by atoms with Gasteiger partial charge in [-0.25, -0.2) is 0 Å². The number of hydrogen-bond acceptors (Lipinski definition) is 5. The fourth-order valence-corrected chi connectivity index (χ4v) is 8.03. The fraction of sp³-hybridized carbons (Fsp3) is 0.500. The molecule has 1 aromatic carbocycles. The number of aromatic amines is 1. The Balaban J connectivity index is 1.90. The maximum atomic E-state index is 13.4. The van der Waals surface area contributed by atoms with Crippen molar-refractivity contribution in [2.45, 2.75) is 30.8 Å². The topological polar surface area (TPSA) is 59.2 Å². The second kappa shape index (κ2) is 6.97. The number of ketones is 1. The zero-order chi connectivity index (χ0) is 18.3. The first-order chi connectivity index (χ1) is 12.6. The number of fused-ring (bicyclic) bond motifs is 4. The van der Waals surface area contributed by atoms with E-state index in [1.54, 1.807) is 0 Å². The summed E-state index contributed by atoms with van der Waals surface area (Å²) in [6.45, 7) is 4.26. The molecule has 2 heterocycles. The number of H-pyrrole nitrogens is 1. The predicted molar refractivity (Wildman–Crippen MR) is 108 cm³/mol. The van der Waals surface area contributed by atoms with Crippen molar-refractivity contribution in [2.24, 2.45) is 11.8 Å². The van der Waals surface area contributed by atoms with E-state index < -0.39 is 0 Å². The number of Topliss-reactive ketones (excluding diaryl/α,β-unsaturated/α-hetero) is 1. The number of benzene rings is 1. The van der Waals surface area contributed by atoms with Crippen LogP contribution in [0.1, 0.15) is 42.7 Å². The van der Waals surface area contributed by atoms with Crippen LogP contribution >= 0.6 is 23.5 Å². The maximum absolute atomic E-state index is 13.4. The highest BCUT2D eigenvalue weighted by Crippen LogP contribution is 2.63. The SMILES string of the molecule is CCOC(=O)C[C@H]1[C@H](CC)C(=O)c2c([nH]c3ccccc23)C12SCCS2. The first-order valence-corrected chi connectivity index (χ1v) is 11.2. The van der Waals surface area contributed by atoms with Crippen LogP contribution in [0.4, 0.5) is 0 Å². The summed E-state index contributed by atoms with van der Waals surface area (Å²) in [5.74, 6) is 1.84. The van der Waals surface area contributed by atoms with Crippen molar-refractivity contribution in [1.29, 1.82) is 0 Å². The van der Waals surface area contributed by atoms with Gasteiger partial charge in [-0.3, -0.25) is 9.59 Å². The molecule has 1 saturated heterocycles. The van der Waals surface area contributed by atoms with Gasteiger partial charge in [-0.1, -0.05) is 25.1 Å². The van der Waals surface area contributed by atoms with Gasteiger partial charge in [0.25, 0.3) is 0 Å². The average Bonchev–Trinajstić information content (AvgIpc) is 3.26. The van der Waals surface area contributed by atoms with Crippen LogP contribution in [0.3, 0.4) is 0 Å². The van der Waals surface area contributed by atoms with Gasteiger partial charge in [0.2, 0.25) is 0 Å². The first-order valence-electron chi connectivity index (χ1n) is 9.21. The summed E-state index contributed by atoms with van der Waals surface area (Å²) in [6.07, 6.45) is 1.04. The number of rotatable bonds is 4. The Morgan fingerprint density at radius 1 is 1.27 bits per heavy atom. The van der Waals surface area contributed by atoms with Gasteiger partial charge in [0.15, 0.2) is 5.78 Å². The number of ether oxygens (including phenoxy) is 1. The molecule has 2 aliphatic rings. The lowest BCUT2D eigenvalue weighted by molar-refractivity contribution is -0.144. The molecule has 1 N–H and O–H groups in total. The van der Waals surface area contributed by atoms with Gasteiger partial charge < -0.3 is 9.72 Å². The van der Waals surface area contributed by atoms with Crippen LogP contribution in [-0.2, 0) is 13.6 Å². The summed E-state index contributed by atoms with van der Waals surface area (Å²) in [7, 11) is 0. The molecule has 4 rings (SSSR count). The Morgan fingerprint density at radius 3 is 2.69 bits per heavy atom. The van der Waals surface area contributed by atoms with E-state index in [0.29, 0.717) is 13.0 Å². The number of esters is 1. The molecule has 0 amide bonds. The lowest BCUT2D eigenvalue weighted by atomic mass is 9.73. The molecular formula is C20H23NO3S2. The molecule has 0 unspecified atom stereocenters. The average molecular weight is 390 g/mol. The third-order valence-electron chi connectivity index (χ3n) is 5.46. The van der Waals surface area contributed by atoms with E-state index in [1.165, 1.54) is 0 Å². The molecule has 1 aromatic heterocycles. The summed E-state index contributed by atoms with van der Waals surface area (Å²) in [4.78, 5) is 29.3. The van der Waals surface area contributed by atoms with Crippen molar-refractivity contribution in [3.63, 3.8) is 0 Å². The number of nitrogens with one attached hydrogen (secondary N) is 1. The summed E-state index contributed by atoms with van der Waals surface area (Å²) >= 11 is 3.77. The monoisotopic (exact) mass is 389 g/mol. The third kappa shape index (κ3) is 2.61. The van der Waals surface area contributed by atoms with E-state index >= 15 is 0 Å². The Bertz CT molecular complexity index is 854. The predicted octanol–water partition coefficient (Wildman–Crippen LogP) is 4.59. The minimum absolute atomic E-state index is 0.0443. The fourth-order valence-electron chi connectivity index (χ4n) is 4.41. The number of carbonyl (C=O) groups is 2. The van der Waals surface area contributed by atoms with E-state index in [4.69, 9.17) is 4.74 Å². The van der Waals surface area contributed by atoms with Crippen LogP contribution in [0.25, 0.3) is 10.9 Å². The molecule has 0 saturated carbocycles. The highest BCUT2D eigenvalue weighted by atomic mass is 32.2. The van der Waals surface area contributed by atoms with Crippen LogP contribution < -0.4 is 0 Å². The van der Waals surface area contributed by atoms with Crippen molar-refractivity contribution >= 4 is 46.2 Å². The molecule has 138 valence electrons. The Kier molecular flexibility index (Phi) is 4.82. The molecule has 2 aromatic rings. The van der Waals surface area contributed by atoms with Crippen molar-refractivity contribution in [3.05, 3.63) is 35.5 Å². The number of aromatic nitrogens is 1. The summed E-state index contributed by atoms with van der Waals surface area (Å²) in [5, 5.41) is 1.01. The van der Waals surface area contributed by atoms with Crippen molar-refractivity contribution in [1.82, 2.24) is 4.98 Å². The zero-order valence-electron chi connectivity index (χ0n) is 15.0. The molecule has 0 bridgehead atoms. The minimum Gasteiger partial charge on any atom is -0.466 e. The van der Waals surface area contributed by atoms with Crippen LogP contribution in [0, 0.1) is 11.8 Å². The Hall–Kier alpha value is -1.40. The Labute approximate surface area is 161 Å². The van der Waals surface area contributed by atoms with Gasteiger partial charge in [0, 0.05) is 39.8 Å². The lowest BCUT2D eigenvalue weighted by Crippen LogP contribution is -2.43. The second-order valence-electron chi connectivity index (χ2n) is 6.78. The number of carbonyl (C=O) groups excluding carboxylic acids is 2. The van der Waals surface area contributed by atoms with Crippen LogP contribution in [0.2, 0.25) is 0 Å². The molecule has 0 radical (unpaired) electrons. The van der Waals surface area contributed by atoms with E-state index in [2.05, 4.69) is 11.9 Å². The van der Waals surface area contributed by atoms with Gasteiger partial charge in [-0.05, 0) is 19.4 Å². The molecule has 1 aliphatic carbocycles. The standard InChI is InChI=1S/C20H23NO3S2/c1-3-12-14(11-16(22)24-4-2)20(25-9-10-26-20)19-17(18(12)23)13-7-5-6-8-15(13)21-19/h5-8,12,14,21H,3-4,9-11H2,1-2H3/t12-,14-/m0/s1. The van der Waals surface area contributed by atoms with Crippen molar-refractivity contribution in [3.8, 4) is 0 Å². The van der Waals surface area contributed by atoms with Crippen LogP contribution in [-0.4, -0.2) is 34.8 Å². The molecule has 1 aliphatic heterocycles. The second-order valence-corrected chi connectivity index (χ2v) is 9.72. The highest BCUT2D eigenvalue weighted by molar-refractivity contribution is 8.20. The van der Waals surface area contributed by atoms with Gasteiger partial charge in [0.05, 0.1) is 18.7 Å². The quantitative estimate of drug-likeness (QED) is 0.775. The largest absolute Gasteiger partial charge is 0.466 e. The number of hydrogen-bond donors (Lipinski definition) is 1. The number of para-hydroxylation sites is 1. The third-order valence-corrected chi connectivity index (χ3v) is 9.11. The maximum Gasteiger partial charge on any atom is 0.306 e. The van der Waals surface area contributed by atoms with Crippen molar-refractivity contribution < 1.29 is 14.3 Å². The lowest BCUT2D eigenvalue weighted by Gasteiger charge is -2.43. The van der Waals surface area contributed by atoms with Crippen molar-refractivity contribution in [2.75, 3.05) is 18.1 Å². The summed E-state index contributed by atoms with van der Waals surface area (Å²) in [6, 6.07) is 8.03. The van der Waals surface area contributed by atoms with Gasteiger partial charge in [0.1, 0.15) is 4.08 Å². The molecule has 6 heteroatoms. The van der Waals surface area contributed by atoms with E-state index in [9.17, 15) is 9.59 Å². The van der Waals surface area contributed by atoms with E-state index in [1.807, 2.05) is 54.7 Å². The molecule has 1 fully saturated rings. The summed E-state index contributed by atoms with van der Waals surface area (Å²) in [5.41, 5.74) is 2.86.